The van der Waals surface area contributed by atoms with E-state index in [0.29, 0.717) is 13.2 Å². The van der Waals surface area contributed by atoms with Gasteiger partial charge in [0.05, 0.1) is 19.1 Å². The number of hydrogen-bond acceptors (Lipinski definition) is 5. The minimum atomic E-state index is -0.178. The standard InChI is InChI=1S/C14H25NO4/c1-4-12(14(17)19-6-3)15-9-7-11(8-10-15)13(16)18-5-2/h11-12H,4-10H2,1-3H3. The Morgan fingerprint density at radius 2 is 1.68 bits per heavy atom. The Hall–Kier alpha value is -1.10. The second kappa shape index (κ2) is 8.15. The highest BCUT2D eigenvalue weighted by molar-refractivity contribution is 5.76. The van der Waals surface area contributed by atoms with Gasteiger partial charge in [-0.2, -0.15) is 0 Å². The van der Waals surface area contributed by atoms with Crippen LogP contribution in [0.3, 0.4) is 0 Å². The Bertz CT molecular complexity index is 298. The maximum absolute atomic E-state index is 11.8. The molecule has 110 valence electrons. The zero-order valence-corrected chi connectivity index (χ0v) is 12.2. The van der Waals surface area contributed by atoms with Crippen molar-refractivity contribution in [3.8, 4) is 0 Å². The predicted molar refractivity (Wildman–Crippen MR) is 71.6 cm³/mol. The number of ether oxygens (including phenoxy) is 2. The van der Waals surface area contributed by atoms with Crippen LogP contribution < -0.4 is 0 Å². The van der Waals surface area contributed by atoms with Gasteiger partial charge in [0.1, 0.15) is 6.04 Å². The van der Waals surface area contributed by atoms with E-state index in [1.54, 1.807) is 0 Å². The highest BCUT2D eigenvalue weighted by Gasteiger charge is 2.32. The summed E-state index contributed by atoms with van der Waals surface area (Å²) >= 11 is 0. The molecule has 5 heteroatoms. The molecule has 0 aliphatic carbocycles. The van der Waals surface area contributed by atoms with E-state index in [2.05, 4.69) is 4.90 Å². The molecule has 0 aromatic carbocycles. The van der Waals surface area contributed by atoms with Gasteiger partial charge < -0.3 is 9.47 Å². The Morgan fingerprint density at radius 3 is 2.16 bits per heavy atom. The van der Waals surface area contributed by atoms with Gasteiger partial charge in [-0.25, -0.2) is 0 Å². The van der Waals surface area contributed by atoms with E-state index in [0.717, 1.165) is 32.4 Å². The summed E-state index contributed by atoms with van der Waals surface area (Å²) in [6.45, 7) is 7.97. The first-order valence-corrected chi connectivity index (χ1v) is 7.21. The second-order valence-corrected chi connectivity index (χ2v) is 4.74. The first-order chi connectivity index (χ1) is 9.13. The summed E-state index contributed by atoms with van der Waals surface area (Å²) in [5.41, 5.74) is 0. The monoisotopic (exact) mass is 271 g/mol. The van der Waals surface area contributed by atoms with Crippen LogP contribution in [0.4, 0.5) is 0 Å². The highest BCUT2D eigenvalue weighted by Crippen LogP contribution is 2.21. The quantitative estimate of drug-likeness (QED) is 0.687. The van der Waals surface area contributed by atoms with E-state index in [9.17, 15) is 9.59 Å². The van der Waals surface area contributed by atoms with Crippen LogP contribution in [0, 0.1) is 5.92 Å². The molecule has 1 heterocycles. The average molecular weight is 271 g/mol. The Morgan fingerprint density at radius 1 is 1.11 bits per heavy atom. The number of nitrogens with zero attached hydrogens (tertiary/aromatic N) is 1. The summed E-state index contributed by atoms with van der Waals surface area (Å²) in [7, 11) is 0. The number of hydrogen-bond donors (Lipinski definition) is 0. The lowest BCUT2D eigenvalue weighted by molar-refractivity contribution is -0.152. The molecule has 0 radical (unpaired) electrons. The Kier molecular flexibility index (Phi) is 6.84. The largest absolute Gasteiger partial charge is 0.466 e. The smallest absolute Gasteiger partial charge is 0.323 e. The number of carbonyl (C=O) groups is 2. The van der Waals surface area contributed by atoms with Crippen LogP contribution in [-0.2, 0) is 19.1 Å². The summed E-state index contributed by atoms with van der Waals surface area (Å²) in [6.07, 6.45) is 2.26. The van der Waals surface area contributed by atoms with Gasteiger partial charge in [-0.05, 0) is 46.2 Å². The van der Waals surface area contributed by atoms with Crippen molar-refractivity contribution in [2.45, 2.75) is 46.1 Å². The molecule has 1 fully saturated rings. The molecule has 1 unspecified atom stereocenters. The van der Waals surface area contributed by atoms with E-state index in [4.69, 9.17) is 9.47 Å². The summed E-state index contributed by atoms with van der Waals surface area (Å²) in [6, 6.07) is -0.178. The molecule has 1 rings (SSSR count). The Labute approximate surface area is 115 Å². The molecule has 0 bridgehead atoms. The molecule has 1 aliphatic rings. The van der Waals surface area contributed by atoms with Gasteiger partial charge in [0, 0.05) is 0 Å². The van der Waals surface area contributed by atoms with Gasteiger partial charge in [0.25, 0.3) is 0 Å². The van der Waals surface area contributed by atoms with Crippen molar-refractivity contribution in [1.82, 2.24) is 4.90 Å². The minimum absolute atomic E-state index is 0.0177. The number of esters is 2. The number of carbonyl (C=O) groups excluding carboxylic acids is 2. The van der Waals surface area contributed by atoms with Crippen molar-refractivity contribution in [3.63, 3.8) is 0 Å². The van der Waals surface area contributed by atoms with Crippen molar-refractivity contribution < 1.29 is 19.1 Å². The van der Waals surface area contributed by atoms with E-state index in [1.807, 2.05) is 20.8 Å². The third-order valence-electron chi connectivity index (χ3n) is 3.54. The van der Waals surface area contributed by atoms with Gasteiger partial charge >= 0.3 is 11.9 Å². The molecule has 0 aromatic heterocycles. The molecule has 5 nitrogen and oxygen atoms in total. The van der Waals surface area contributed by atoms with Crippen molar-refractivity contribution in [2.75, 3.05) is 26.3 Å². The number of rotatable bonds is 6. The minimum Gasteiger partial charge on any atom is -0.466 e. The highest BCUT2D eigenvalue weighted by atomic mass is 16.5. The molecule has 1 aliphatic heterocycles. The van der Waals surface area contributed by atoms with Gasteiger partial charge in [0.2, 0.25) is 0 Å². The fourth-order valence-corrected chi connectivity index (χ4v) is 2.52. The SMILES string of the molecule is CCOC(=O)C1CCN(C(CC)C(=O)OCC)CC1. The van der Waals surface area contributed by atoms with E-state index in [-0.39, 0.29) is 23.9 Å². The molecule has 0 saturated carbocycles. The van der Waals surface area contributed by atoms with Crippen LogP contribution in [0.2, 0.25) is 0 Å². The van der Waals surface area contributed by atoms with Crippen molar-refractivity contribution in [1.29, 1.82) is 0 Å². The molecular weight excluding hydrogens is 246 g/mol. The molecule has 1 atom stereocenters. The first-order valence-electron chi connectivity index (χ1n) is 7.21. The van der Waals surface area contributed by atoms with Crippen LogP contribution in [0.1, 0.15) is 40.0 Å². The van der Waals surface area contributed by atoms with E-state index >= 15 is 0 Å². The van der Waals surface area contributed by atoms with Gasteiger partial charge in [0.15, 0.2) is 0 Å². The van der Waals surface area contributed by atoms with Crippen LogP contribution in [0.25, 0.3) is 0 Å². The Balaban J connectivity index is 2.47. The van der Waals surface area contributed by atoms with Crippen LogP contribution in [0.15, 0.2) is 0 Å². The maximum atomic E-state index is 11.8. The number of piperidine rings is 1. The van der Waals surface area contributed by atoms with Crippen molar-refractivity contribution in [2.24, 2.45) is 5.92 Å². The van der Waals surface area contributed by atoms with Crippen molar-refractivity contribution >= 4 is 11.9 Å². The van der Waals surface area contributed by atoms with Gasteiger partial charge in [-0.3, -0.25) is 14.5 Å². The van der Waals surface area contributed by atoms with Crippen LogP contribution in [0.5, 0.6) is 0 Å². The summed E-state index contributed by atoms with van der Waals surface area (Å²) in [5.74, 6) is -0.276. The molecule has 0 aromatic rings. The molecule has 1 saturated heterocycles. The van der Waals surface area contributed by atoms with Crippen LogP contribution in [-0.4, -0.2) is 49.2 Å². The average Bonchev–Trinajstić information content (AvgIpc) is 2.41. The lowest BCUT2D eigenvalue weighted by atomic mass is 9.95. The molecule has 0 spiro atoms. The fourth-order valence-electron chi connectivity index (χ4n) is 2.52. The fraction of sp³-hybridized carbons (Fsp3) is 0.857. The second-order valence-electron chi connectivity index (χ2n) is 4.74. The number of likely N-dealkylation sites (tertiary alicyclic amines) is 1. The summed E-state index contributed by atoms with van der Waals surface area (Å²) in [4.78, 5) is 25.6. The zero-order valence-electron chi connectivity index (χ0n) is 12.2. The van der Waals surface area contributed by atoms with Gasteiger partial charge in [-0.15, -0.1) is 0 Å². The molecule has 19 heavy (non-hydrogen) atoms. The lowest BCUT2D eigenvalue weighted by Gasteiger charge is -2.35. The first kappa shape index (κ1) is 16.0. The van der Waals surface area contributed by atoms with E-state index < -0.39 is 0 Å². The summed E-state index contributed by atoms with van der Waals surface area (Å²) in [5, 5.41) is 0. The summed E-state index contributed by atoms with van der Waals surface area (Å²) < 4.78 is 10.1. The molecule has 0 amide bonds. The molecular formula is C14H25NO4. The third kappa shape index (κ3) is 4.49. The van der Waals surface area contributed by atoms with Crippen molar-refractivity contribution in [3.05, 3.63) is 0 Å². The predicted octanol–water partition coefficient (Wildman–Crippen LogP) is 1.60. The normalized spacial score (nSPS) is 18.9. The van der Waals surface area contributed by atoms with Gasteiger partial charge in [-0.1, -0.05) is 6.92 Å². The van der Waals surface area contributed by atoms with Crippen LogP contribution >= 0.6 is 0 Å². The zero-order chi connectivity index (χ0) is 14.3. The topological polar surface area (TPSA) is 55.8 Å². The maximum Gasteiger partial charge on any atom is 0.323 e. The third-order valence-corrected chi connectivity index (χ3v) is 3.54. The molecule has 0 N–H and O–H groups in total. The van der Waals surface area contributed by atoms with E-state index in [1.165, 1.54) is 0 Å². The lowest BCUT2D eigenvalue weighted by Crippen LogP contribution is -2.47.